The lowest BCUT2D eigenvalue weighted by Crippen LogP contribution is -2.37. The number of hydrogen-bond donors (Lipinski definition) is 0. The molecule has 0 aliphatic carbocycles. The SMILES string of the molecule is C1=C(c2ccccc2)CC[C@H]2CCCCN12. The molecule has 0 N–H and O–H groups in total. The number of benzene rings is 1. The molecule has 0 radical (unpaired) electrons. The van der Waals surface area contributed by atoms with E-state index in [0.29, 0.717) is 0 Å². The molecule has 0 bridgehead atoms. The highest BCUT2D eigenvalue weighted by atomic mass is 15.1. The predicted molar refractivity (Wildman–Crippen MR) is 68.0 cm³/mol. The van der Waals surface area contributed by atoms with Gasteiger partial charge in [0, 0.05) is 18.8 Å². The molecule has 0 amide bonds. The fourth-order valence-electron chi connectivity index (χ4n) is 2.96. The van der Waals surface area contributed by atoms with Crippen LogP contribution in [-0.4, -0.2) is 17.5 Å². The van der Waals surface area contributed by atoms with E-state index in [4.69, 9.17) is 0 Å². The third-order valence-electron chi connectivity index (χ3n) is 3.89. The van der Waals surface area contributed by atoms with E-state index in [2.05, 4.69) is 41.4 Å². The van der Waals surface area contributed by atoms with E-state index < -0.39 is 0 Å². The molecule has 0 saturated carbocycles. The van der Waals surface area contributed by atoms with Gasteiger partial charge in [0.1, 0.15) is 0 Å². The summed E-state index contributed by atoms with van der Waals surface area (Å²) in [6, 6.07) is 11.7. The van der Waals surface area contributed by atoms with Crippen LogP contribution < -0.4 is 0 Å². The van der Waals surface area contributed by atoms with Crippen molar-refractivity contribution in [1.29, 1.82) is 0 Å². The van der Waals surface area contributed by atoms with Crippen molar-refractivity contribution in [3.05, 3.63) is 42.1 Å². The van der Waals surface area contributed by atoms with E-state index in [-0.39, 0.29) is 0 Å². The Balaban J connectivity index is 1.84. The van der Waals surface area contributed by atoms with Crippen LogP contribution >= 0.6 is 0 Å². The lowest BCUT2D eigenvalue weighted by molar-refractivity contribution is 0.196. The largest absolute Gasteiger partial charge is 0.374 e. The number of fused-ring (bicyclic) bond motifs is 1. The molecular weight excluding hydrogens is 194 g/mol. The van der Waals surface area contributed by atoms with Gasteiger partial charge < -0.3 is 4.90 Å². The molecule has 1 atom stereocenters. The summed E-state index contributed by atoms with van der Waals surface area (Å²) in [5, 5.41) is 0. The number of piperidine rings is 1. The molecule has 0 unspecified atom stereocenters. The van der Waals surface area contributed by atoms with Crippen molar-refractivity contribution in [2.24, 2.45) is 0 Å². The molecule has 1 aromatic carbocycles. The van der Waals surface area contributed by atoms with Gasteiger partial charge >= 0.3 is 0 Å². The van der Waals surface area contributed by atoms with Gasteiger partial charge in [-0.2, -0.15) is 0 Å². The summed E-state index contributed by atoms with van der Waals surface area (Å²) in [5.74, 6) is 0. The molecule has 1 fully saturated rings. The van der Waals surface area contributed by atoms with Gasteiger partial charge in [0.25, 0.3) is 0 Å². The summed E-state index contributed by atoms with van der Waals surface area (Å²) in [5.41, 5.74) is 2.94. The monoisotopic (exact) mass is 213 g/mol. The Hall–Kier alpha value is -1.24. The lowest BCUT2D eigenvalue weighted by Gasteiger charge is -2.39. The second kappa shape index (κ2) is 4.32. The van der Waals surface area contributed by atoms with Crippen molar-refractivity contribution < 1.29 is 0 Å². The fraction of sp³-hybridized carbons (Fsp3) is 0.467. The summed E-state index contributed by atoms with van der Waals surface area (Å²) < 4.78 is 0. The standard InChI is InChI=1S/C15H19N/c1-2-6-13(7-3-1)14-9-10-15-8-4-5-11-16(15)12-14/h1-3,6-7,12,15H,4-5,8-11H2/t15-/m1/s1. The van der Waals surface area contributed by atoms with Crippen LogP contribution in [0.3, 0.4) is 0 Å². The molecule has 1 nitrogen and oxygen atoms in total. The van der Waals surface area contributed by atoms with Gasteiger partial charge in [0.2, 0.25) is 0 Å². The fourth-order valence-corrected chi connectivity index (χ4v) is 2.96. The maximum absolute atomic E-state index is 2.58. The number of nitrogens with zero attached hydrogens (tertiary/aromatic N) is 1. The Kier molecular flexibility index (Phi) is 2.69. The predicted octanol–water partition coefficient (Wildman–Crippen LogP) is 3.68. The zero-order valence-corrected chi connectivity index (χ0v) is 9.73. The topological polar surface area (TPSA) is 3.24 Å². The highest BCUT2D eigenvalue weighted by Crippen LogP contribution is 2.32. The Morgan fingerprint density at radius 1 is 1.00 bits per heavy atom. The average Bonchev–Trinajstić information content (AvgIpc) is 2.39. The van der Waals surface area contributed by atoms with Crippen molar-refractivity contribution in [2.45, 2.75) is 38.1 Å². The first kappa shape index (κ1) is 9.95. The van der Waals surface area contributed by atoms with Crippen molar-refractivity contribution in [3.63, 3.8) is 0 Å². The van der Waals surface area contributed by atoms with Crippen LogP contribution in [0.4, 0.5) is 0 Å². The molecule has 2 aliphatic heterocycles. The average molecular weight is 213 g/mol. The van der Waals surface area contributed by atoms with Gasteiger partial charge in [-0.3, -0.25) is 0 Å². The Bertz CT molecular complexity index is 380. The minimum absolute atomic E-state index is 0.834. The Morgan fingerprint density at radius 2 is 1.88 bits per heavy atom. The van der Waals surface area contributed by atoms with Gasteiger partial charge in [-0.05, 0) is 43.2 Å². The normalized spacial score (nSPS) is 24.9. The van der Waals surface area contributed by atoms with Crippen LogP contribution in [0, 0.1) is 0 Å². The maximum atomic E-state index is 2.58. The van der Waals surface area contributed by atoms with Crippen molar-refractivity contribution in [1.82, 2.24) is 4.90 Å². The van der Waals surface area contributed by atoms with E-state index in [1.807, 2.05) is 0 Å². The molecule has 16 heavy (non-hydrogen) atoms. The molecule has 3 rings (SSSR count). The molecule has 0 spiro atoms. The summed E-state index contributed by atoms with van der Waals surface area (Å²) in [4.78, 5) is 2.58. The number of hydrogen-bond acceptors (Lipinski definition) is 1. The molecule has 0 aromatic heterocycles. The van der Waals surface area contributed by atoms with E-state index in [1.54, 1.807) is 0 Å². The highest BCUT2D eigenvalue weighted by molar-refractivity contribution is 5.65. The third-order valence-corrected chi connectivity index (χ3v) is 3.89. The number of rotatable bonds is 1. The third kappa shape index (κ3) is 1.87. The highest BCUT2D eigenvalue weighted by Gasteiger charge is 2.24. The zero-order valence-electron chi connectivity index (χ0n) is 9.73. The van der Waals surface area contributed by atoms with Gasteiger partial charge in [-0.25, -0.2) is 0 Å². The van der Waals surface area contributed by atoms with Crippen molar-refractivity contribution in [2.75, 3.05) is 6.54 Å². The molecule has 1 saturated heterocycles. The lowest BCUT2D eigenvalue weighted by atomic mass is 9.90. The number of allylic oxidation sites excluding steroid dienone is 1. The van der Waals surface area contributed by atoms with E-state index in [1.165, 1.54) is 49.8 Å². The second-order valence-electron chi connectivity index (χ2n) is 4.95. The molecule has 84 valence electrons. The van der Waals surface area contributed by atoms with Crippen LogP contribution in [0.2, 0.25) is 0 Å². The molecule has 1 aromatic rings. The summed E-state index contributed by atoms with van der Waals surface area (Å²) in [6.07, 6.45) is 9.22. The summed E-state index contributed by atoms with van der Waals surface area (Å²) in [7, 11) is 0. The summed E-state index contributed by atoms with van der Waals surface area (Å²) in [6.45, 7) is 1.26. The van der Waals surface area contributed by atoms with Gasteiger partial charge in [-0.15, -0.1) is 0 Å². The minimum Gasteiger partial charge on any atom is -0.374 e. The van der Waals surface area contributed by atoms with Crippen molar-refractivity contribution >= 4 is 5.57 Å². The first-order valence-electron chi connectivity index (χ1n) is 6.45. The van der Waals surface area contributed by atoms with Crippen LogP contribution in [0.1, 0.15) is 37.7 Å². The summed E-state index contributed by atoms with van der Waals surface area (Å²) >= 11 is 0. The van der Waals surface area contributed by atoms with Crippen LogP contribution in [0.15, 0.2) is 36.5 Å². The van der Waals surface area contributed by atoms with Gasteiger partial charge in [0.05, 0.1) is 0 Å². The van der Waals surface area contributed by atoms with Gasteiger partial charge in [-0.1, -0.05) is 30.3 Å². The van der Waals surface area contributed by atoms with E-state index in [0.717, 1.165) is 6.04 Å². The smallest absolute Gasteiger partial charge is 0.0287 e. The first-order chi connectivity index (χ1) is 7.93. The minimum atomic E-state index is 0.834. The second-order valence-corrected chi connectivity index (χ2v) is 4.95. The quantitative estimate of drug-likeness (QED) is 0.688. The molecular formula is C15H19N. The van der Waals surface area contributed by atoms with E-state index in [9.17, 15) is 0 Å². The Labute approximate surface area is 97.8 Å². The van der Waals surface area contributed by atoms with Crippen LogP contribution in [0.25, 0.3) is 5.57 Å². The molecule has 2 aliphatic rings. The van der Waals surface area contributed by atoms with Crippen LogP contribution in [-0.2, 0) is 0 Å². The van der Waals surface area contributed by atoms with Gasteiger partial charge in [0.15, 0.2) is 0 Å². The maximum Gasteiger partial charge on any atom is 0.0287 e. The molecule has 2 heterocycles. The van der Waals surface area contributed by atoms with Crippen LogP contribution in [0.5, 0.6) is 0 Å². The van der Waals surface area contributed by atoms with Crippen molar-refractivity contribution in [3.8, 4) is 0 Å². The molecule has 1 heteroatoms. The zero-order chi connectivity index (χ0) is 10.8. The first-order valence-corrected chi connectivity index (χ1v) is 6.45. The van der Waals surface area contributed by atoms with E-state index >= 15 is 0 Å². The Morgan fingerprint density at radius 3 is 2.75 bits per heavy atom.